The van der Waals surface area contributed by atoms with Crippen LogP contribution in [0.15, 0.2) is 0 Å². The Morgan fingerprint density at radius 1 is 1.00 bits per heavy atom. The zero-order valence-electron chi connectivity index (χ0n) is 3.54. The molecule has 28 valence electrons. The Bertz CT molecular complexity index is 15.2. The molecule has 0 aromatic heterocycles. The maximum absolute atomic E-state index is 1.64. The van der Waals surface area contributed by atoms with Gasteiger partial charge < -0.3 is 0 Å². The summed E-state index contributed by atoms with van der Waals surface area (Å²) >= 11 is 0.543. The highest BCUT2D eigenvalue weighted by Gasteiger charge is 1.99. The van der Waals surface area contributed by atoms with Crippen LogP contribution in [-0.2, 0) is 0 Å². The molecule has 0 atom stereocenters. The van der Waals surface area contributed by atoms with Crippen molar-refractivity contribution in [3.05, 3.63) is 0 Å². The molecule has 1 heteroatoms. The Kier molecular flexibility index (Phi) is 1.37. The standard InChI is InChI=1S/C4H8.Al.H/c1-3-4-2;;/h1-4H2;;. The molecule has 0 aromatic carbocycles. The Labute approximate surface area is 39.3 Å². The third-order valence-corrected chi connectivity index (χ3v) is 3.25. The first-order chi connectivity index (χ1) is 2.50. The molecule has 1 rings (SSSR count). The SMILES string of the molecule is C1C[CH2][AlH][CH2]1. The molecule has 0 saturated carbocycles. The van der Waals surface area contributed by atoms with Gasteiger partial charge in [0.1, 0.15) is 0 Å². The summed E-state index contributed by atoms with van der Waals surface area (Å²) in [5.74, 6) is 0. The molecule has 0 amide bonds. The topological polar surface area (TPSA) is 0 Å². The van der Waals surface area contributed by atoms with E-state index in [-0.39, 0.29) is 0 Å². The van der Waals surface area contributed by atoms with Crippen LogP contribution in [-0.4, -0.2) is 15.2 Å². The van der Waals surface area contributed by atoms with Gasteiger partial charge in [-0.15, -0.1) is 0 Å². The molecule has 1 saturated heterocycles. The lowest BCUT2D eigenvalue weighted by atomic mass is 10.4. The minimum atomic E-state index is 0.543. The van der Waals surface area contributed by atoms with Crippen molar-refractivity contribution in [2.45, 2.75) is 23.4 Å². The Hall–Kier alpha value is 0.532. The molecule has 0 aliphatic carbocycles. The summed E-state index contributed by atoms with van der Waals surface area (Å²) in [6.45, 7) is 0. The molecule has 1 fully saturated rings. The molecule has 1 aliphatic rings. The van der Waals surface area contributed by atoms with Gasteiger partial charge in [0, 0.05) is 0 Å². The maximum Gasteiger partial charge on any atom is 0.236 e. The van der Waals surface area contributed by atoms with Crippen molar-refractivity contribution in [1.29, 1.82) is 0 Å². The van der Waals surface area contributed by atoms with E-state index in [9.17, 15) is 0 Å². The van der Waals surface area contributed by atoms with E-state index in [0.29, 0.717) is 15.2 Å². The minimum Gasteiger partial charge on any atom is -0.0973 e. The van der Waals surface area contributed by atoms with Gasteiger partial charge in [-0.1, -0.05) is 23.4 Å². The van der Waals surface area contributed by atoms with Crippen molar-refractivity contribution >= 4 is 15.2 Å². The predicted molar refractivity (Wildman–Crippen MR) is 26.0 cm³/mol. The van der Waals surface area contributed by atoms with Gasteiger partial charge in [0.2, 0.25) is 15.2 Å². The van der Waals surface area contributed by atoms with Crippen molar-refractivity contribution in [1.82, 2.24) is 0 Å². The minimum absolute atomic E-state index is 0.543. The van der Waals surface area contributed by atoms with Crippen molar-refractivity contribution in [2.75, 3.05) is 0 Å². The first-order valence-corrected chi connectivity index (χ1v) is 4.50. The van der Waals surface area contributed by atoms with Gasteiger partial charge in [0.05, 0.1) is 0 Å². The number of rotatable bonds is 0. The maximum atomic E-state index is 1.64. The van der Waals surface area contributed by atoms with Gasteiger partial charge in [-0.25, -0.2) is 0 Å². The molecule has 5 heavy (non-hydrogen) atoms. The predicted octanol–water partition coefficient (Wildman–Crippen LogP) is 1.05. The van der Waals surface area contributed by atoms with Gasteiger partial charge in [-0.3, -0.25) is 0 Å². The fourth-order valence-corrected chi connectivity index (χ4v) is 2.65. The molecule has 0 radical (unpaired) electrons. The van der Waals surface area contributed by atoms with Crippen LogP contribution < -0.4 is 0 Å². The summed E-state index contributed by atoms with van der Waals surface area (Å²) < 4.78 is 0. The van der Waals surface area contributed by atoms with Crippen LogP contribution in [0.5, 0.6) is 0 Å². The lowest BCUT2D eigenvalue weighted by Gasteiger charge is -1.69. The van der Waals surface area contributed by atoms with Crippen LogP contribution in [0.3, 0.4) is 0 Å². The highest BCUT2D eigenvalue weighted by molar-refractivity contribution is 6.36. The molecule has 0 aromatic rings. The van der Waals surface area contributed by atoms with E-state index in [4.69, 9.17) is 0 Å². The zero-order valence-corrected chi connectivity index (χ0v) is 4.95. The molecule has 0 unspecified atom stereocenters. The lowest BCUT2D eigenvalue weighted by molar-refractivity contribution is 0.935. The quantitative estimate of drug-likeness (QED) is 0.385. The Morgan fingerprint density at radius 2 is 1.60 bits per heavy atom. The van der Waals surface area contributed by atoms with Crippen LogP contribution >= 0.6 is 0 Å². The molecular formula is C4H9Al. The molecule has 1 aliphatic heterocycles. The van der Waals surface area contributed by atoms with Crippen molar-refractivity contribution in [3.8, 4) is 0 Å². The monoisotopic (exact) mass is 84.1 g/mol. The molecule has 0 N–H and O–H groups in total. The van der Waals surface area contributed by atoms with Gasteiger partial charge in [-0.2, -0.15) is 0 Å². The summed E-state index contributed by atoms with van der Waals surface area (Å²) in [6, 6.07) is 0. The third-order valence-electron chi connectivity index (χ3n) is 1.25. The van der Waals surface area contributed by atoms with Crippen LogP contribution in [0.2, 0.25) is 10.6 Å². The van der Waals surface area contributed by atoms with E-state index < -0.39 is 0 Å². The molecule has 0 nitrogen and oxygen atoms in total. The van der Waals surface area contributed by atoms with Crippen LogP contribution in [0.1, 0.15) is 12.8 Å². The van der Waals surface area contributed by atoms with E-state index >= 15 is 0 Å². The summed E-state index contributed by atoms with van der Waals surface area (Å²) in [5, 5.41) is 3.28. The van der Waals surface area contributed by atoms with Gasteiger partial charge >= 0.3 is 0 Å². The fraction of sp³-hybridized carbons (Fsp3) is 1.00. The fourth-order valence-electron chi connectivity index (χ4n) is 0.884. The summed E-state index contributed by atoms with van der Waals surface area (Å²) in [6.07, 6.45) is 3.12. The van der Waals surface area contributed by atoms with Crippen molar-refractivity contribution in [3.63, 3.8) is 0 Å². The van der Waals surface area contributed by atoms with Gasteiger partial charge in [-0.05, 0) is 0 Å². The van der Waals surface area contributed by atoms with Crippen LogP contribution in [0.25, 0.3) is 0 Å². The van der Waals surface area contributed by atoms with E-state index in [1.807, 2.05) is 0 Å². The van der Waals surface area contributed by atoms with E-state index in [1.54, 1.807) is 23.4 Å². The lowest BCUT2D eigenvalue weighted by Crippen LogP contribution is -1.68. The molecule has 1 heterocycles. The highest BCUT2D eigenvalue weighted by atomic mass is 27.1. The van der Waals surface area contributed by atoms with E-state index in [0.717, 1.165) is 0 Å². The van der Waals surface area contributed by atoms with Crippen molar-refractivity contribution in [2.24, 2.45) is 0 Å². The van der Waals surface area contributed by atoms with Crippen LogP contribution in [0.4, 0.5) is 0 Å². The number of hydrogen-bond acceptors (Lipinski definition) is 0. The smallest absolute Gasteiger partial charge is 0.0973 e. The third kappa shape index (κ3) is 0.950. The molecule has 0 spiro atoms. The highest BCUT2D eigenvalue weighted by Crippen LogP contribution is 2.09. The van der Waals surface area contributed by atoms with Gasteiger partial charge in [0.25, 0.3) is 0 Å². The van der Waals surface area contributed by atoms with Crippen molar-refractivity contribution < 1.29 is 0 Å². The van der Waals surface area contributed by atoms with E-state index in [1.165, 1.54) is 0 Å². The zero-order chi connectivity index (χ0) is 3.54. The second-order valence-electron chi connectivity index (χ2n) is 1.77. The number of hydrogen-bond donors (Lipinski definition) is 0. The Morgan fingerprint density at radius 3 is 1.80 bits per heavy atom. The Balaban J connectivity index is 2.08. The summed E-state index contributed by atoms with van der Waals surface area (Å²) in [4.78, 5) is 0. The molecule has 0 bridgehead atoms. The molecular weight excluding hydrogens is 75.0 g/mol. The first kappa shape index (κ1) is 3.71. The first-order valence-electron chi connectivity index (χ1n) is 2.50. The normalized spacial score (nSPS) is 22.4. The second kappa shape index (κ2) is 1.85. The van der Waals surface area contributed by atoms with E-state index in [2.05, 4.69) is 0 Å². The average molecular weight is 84.1 g/mol. The second-order valence-corrected chi connectivity index (χ2v) is 3.89. The van der Waals surface area contributed by atoms with Crippen LogP contribution in [0, 0.1) is 0 Å². The largest absolute Gasteiger partial charge is 0.236 e. The average Bonchev–Trinajstić information content (AvgIpc) is 1.76. The summed E-state index contributed by atoms with van der Waals surface area (Å²) in [5.41, 5.74) is 0. The van der Waals surface area contributed by atoms with Gasteiger partial charge in [0.15, 0.2) is 0 Å². The summed E-state index contributed by atoms with van der Waals surface area (Å²) in [7, 11) is 0.